The molecule has 0 aromatic heterocycles. The molecular weight excluding hydrogens is 181 g/mol. The topological polar surface area (TPSA) is 29.1 Å². The zero-order valence-electron chi connectivity index (χ0n) is 8.38. The van der Waals surface area contributed by atoms with Crippen LogP contribution in [0, 0.1) is 5.82 Å². The van der Waals surface area contributed by atoms with Crippen LogP contribution in [0.15, 0.2) is 24.3 Å². The van der Waals surface area contributed by atoms with Crippen molar-refractivity contribution in [2.45, 2.75) is 19.3 Å². The van der Waals surface area contributed by atoms with Gasteiger partial charge in [-0.3, -0.25) is 4.79 Å². The molecule has 1 amide bonds. The highest BCUT2D eigenvalue weighted by Crippen LogP contribution is 2.21. The van der Waals surface area contributed by atoms with Gasteiger partial charge in [-0.05, 0) is 17.5 Å². The van der Waals surface area contributed by atoms with Crippen LogP contribution in [0.4, 0.5) is 4.39 Å². The van der Waals surface area contributed by atoms with Gasteiger partial charge in [0.2, 0.25) is 5.91 Å². The van der Waals surface area contributed by atoms with Crippen LogP contribution in [0.2, 0.25) is 0 Å². The Morgan fingerprint density at radius 3 is 2.71 bits per heavy atom. The summed E-state index contributed by atoms with van der Waals surface area (Å²) in [4.78, 5) is 11.1. The van der Waals surface area contributed by atoms with Gasteiger partial charge in [-0.2, -0.15) is 0 Å². The van der Waals surface area contributed by atoms with Gasteiger partial charge < -0.3 is 5.32 Å². The second kappa shape index (κ2) is 4.74. The predicted molar refractivity (Wildman–Crippen MR) is 53.5 cm³/mol. The monoisotopic (exact) mass is 195 g/mol. The van der Waals surface area contributed by atoms with E-state index in [-0.39, 0.29) is 17.6 Å². The summed E-state index contributed by atoms with van der Waals surface area (Å²) < 4.78 is 13.3. The van der Waals surface area contributed by atoms with Crippen molar-refractivity contribution in [1.82, 2.24) is 5.32 Å². The van der Waals surface area contributed by atoms with E-state index in [1.54, 1.807) is 25.2 Å². The molecule has 1 rings (SSSR count). The lowest BCUT2D eigenvalue weighted by atomic mass is 9.97. The van der Waals surface area contributed by atoms with Crippen LogP contribution >= 0.6 is 0 Å². The van der Waals surface area contributed by atoms with Gasteiger partial charge in [0.1, 0.15) is 5.82 Å². The maximum atomic E-state index is 13.3. The zero-order chi connectivity index (χ0) is 10.6. The number of halogens is 1. The van der Waals surface area contributed by atoms with Crippen LogP contribution in [0.3, 0.4) is 0 Å². The molecule has 0 spiro atoms. The number of nitrogens with one attached hydrogen (secondary N) is 1. The molecule has 1 atom stereocenters. The van der Waals surface area contributed by atoms with E-state index in [4.69, 9.17) is 0 Å². The van der Waals surface area contributed by atoms with Crippen molar-refractivity contribution in [1.29, 1.82) is 0 Å². The van der Waals surface area contributed by atoms with Crippen LogP contribution in [0.1, 0.15) is 24.8 Å². The highest BCUT2D eigenvalue weighted by atomic mass is 19.1. The Labute approximate surface area is 83.1 Å². The number of hydrogen-bond acceptors (Lipinski definition) is 1. The molecule has 0 aliphatic carbocycles. The summed E-state index contributed by atoms with van der Waals surface area (Å²) in [5.41, 5.74) is 0.594. The molecular formula is C11H14FNO. The van der Waals surface area contributed by atoms with Gasteiger partial charge in [-0.25, -0.2) is 4.39 Å². The van der Waals surface area contributed by atoms with Gasteiger partial charge in [0.15, 0.2) is 0 Å². The Bertz CT molecular complexity index is 325. The second-order valence-electron chi connectivity index (χ2n) is 3.30. The second-order valence-corrected chi connectivity index (χ2v) is 3.30. The first-order valence-corrected chi connectivity index (χ1v) is 4.60. The maximum Gasteiger partial charge on any atom is 0.220 e. The molecule has 1 aromatic carbocycles. The van der Waals surface area contributed by atoms with E-state index in [1.807, 2.05) is 6.92 Å². The molecule has 1 N–H and O–H groups in total. The first-order chi connectivity index (χ1) is 6.65. The van der Waals surface area contributed by atoms with Crippen molar-refractivity contribution in [3.63, 3.8) is 0 Å². The van der Waals surface area contributed by atoms with Crippen molar-refractivity contribution in [3.8, 4) is 0 Å². The third-order valence-electron chi connectivity index (χ3n) is 2.21. The first-order valence-electron chi connectivity index (χ1n) is 4.60. The van der Waals surface area contributed by atoms with Crippen molar-refractivity contribution in [3.05, 3.63) is 35.6 Å². The predicted octanol–water partition coefficient (Wildman–Crippen LogP) is 2.07. The van der Waals surface area contributed by atoms with Crippen LogP contribution < -0.4 is 5.32 Å². The van der Waals surface area contributed by atoms with Crippen molar-refractivity contribution in [2.24, 2.45) is 0 Å². The van der Waals surface area contributed by atoms with Gasteiger partial charge in [-0.15, -0.1) is 0 Å². The average Bonchev–Trinajstić information content (AvgIpc) is 2.18. The lowest BCUT2D eigenvalue weighted by Gasteiger charge is -2.11. The molecule has 2 nitrogen and oxygen atoms in total. The van der Waals surface area contributed by atoms with E-state index >= 15 is 0 Å². The quantitative estimate of drug-likeness (QED) is 0.786. The van der Waals surface area contributed by atoms with E-state index in [2.05, 4.69) is 5.32 Å². The highest BCUT2D eigenvalue weighted by Gasteiger charge is 2.13. The van der Waals surface area contributed by atoms with Crippen LogP contribution in [0.25, 0.3) is 0 Å². The molecule has 3 heteroatoms. The molecule has 1 aromatic rings. The van der Waals surface area contributed by atoms with Crippen LogP contribution in [0.5, 0.6) is 0 Å². The Kier molecular flexibility index (Phi) is 3.63. The fourth-order valence-corrected chi connectivity index (χ4v) is 1.36. The third kappa shape index (κ3) is 2.55. The molecule has 0 radical (unpaired) electrons. The van der Waals surface area contributed by atoms with Crippen molar-refractivity contribution in [2.75, 3.05) is 7.05 Å². The van der Waals surface area contributed by atoms with Crippen molar-refractivity contribution < 1.29 is 9.18 Å². The smallest absolute Gasteiger partial charge is 0.220 e. The number of carbonyl (C=O) groups is 1. The average molecular weight is 195 g/mol. The SMILES string of the molecule is CNC(=O)CC(C)c1ccccc1F. The lowest BCUT2D eigenvalue weighted by molar-refractivity contribution is -0.120. The number of carbonyl (C=O) groups excluding carboxylic acids is 1. The van der Waals surface area contributed by atoms with Gasteiger partial charge >= 0.3 is 0 Å². The molecule has 0 saturated carbocycles. The van der Waals surface area contributed by atoms with E-state index in [0.717, 1.165) is 0 Å². The highest BCUT2D eigenvalue weighted by molar-refractivity contribution is 5.76. The fourth-order valence-electron chi connectivity index (χ4n) is 1.36. The lowest BCUT2D eigenvalue weighted by Crippen LogP contribution is -2.19. The molecule has 0 aliphatic heterocycles. The number of hydrogen-bond donors (Lipinski definition) is 1. The number of amides is 1. The number of benzene rings is 1. The van der Waals surface area contributed by atoms with Gasteiger partial charge in [0.25, 0.3) is 0 Å². The molecule has 0 fully saturated rings. The van der Waals surface area contributed by atoms with Gasteiger partial charge in [0.05, 0.1) is 0 Å². The third-order valence-corrected chi connectivity index (χ3v) is 2.21. The molecule has 0 saturated heterocycles. The van der Waals surface area contributed by atoms with Crippen molar-refractivity contribution >= 4 is 5.91 Å². The standard InChI is InChI=1S/C11H14FNO/c1-8(7-11(14)13-2)9-5-3-4-6-10(9)12/h3-6,8H,7H2,1-2H3,(H,13,14). The largest absolute Gasteiger partial charge is 0.359 e. The van der Waals surface area contributed by atoms with Gasteiger partial charge in [-0.1, -0.05) is 25.1 Å². The summed E-state index contributed by atoms with van der Waals surface area (Å²) in [6, 6.07) is 6.54. The normalized spacial score (nSPS) is 12.2. The van der Waals surface area contributed by atoms with Gasteiger partial charge in [0, 0.05) is 13.5 Å². The van der Waals surface area contributed by atoms with E-state index < -0.39 is 0 Å². The summed E-state index contributed by atoms with van der Waals surface area (Å²) in [6.07, 6.45) is 0.317. The van der Waals surface area contributed by atoms with Crippen LogP contribution in [-0.4, -0.2) is 13.0 Å². The molecule has 1 unspecified atom stereocenters. The van der Waals surface area contributed by atoms with E-state index in [9.17, 15) is 9.18 Å². The van der Waals surface area contributed by atoms with E-state index in [1.165, 1.54) is 6.07 Å². The molecule has 0 heterocycles. The first kappa shape index (κ1) is 10.7. The number of rotatable bonds is 3. The maximum absolute atomic E-state index is 13.3. The summed E-state index contributed by atoms with van der Waals surface area (Å²) >= 11 is 0. The summed E-state index contributed by atoms with van der Waals surface area (Å²) in [6.45, 7) is 1.84. The molecule has 14 heavy (non-hydrogen) atoms. The zero-order valence-corrected chi connectivity index (χ0v) is 8.38. The molecule has 0 bridgehead atoms. The summed E-state index contributed by atoms with van der Waals surface area (Å²) in [5.74, 6) is -0.402. The fraction of sp³-hybridized carbons (Fsp3) is 0.364. The molecule has 0 aliphatic rings. The minimum Gasteiger partial charge on any atom is -0.359 e. The molecule has 76 valence electrons. The Morgan fingerprint density at radius 1 is 1.50 bits per heavy atom. The minimum atomic E-state index is -0.246. The Morgan fingerprint density at radius 2 is 2.14 bits per heavy atom. The summed E-state index contributed by atoms with van der Waals surface area (Å²) in [5, 5.41) is 2.52. The van der Waals surface area contributed by atoms with E-state index in [0.29, 0.717) is 12.0 Å². The Hall–Kier alpha value is -1.38. The summed E-state index contributed by atoms with van der Waals surface area (Å²) in [7, 11) is 1.58. The Balaban J connectivity index is 2.74. The minimum absolute atomic E-state index is 0.0687. The van der Waals surface area contributed by atoms with Crippen LogP contribution in [-0.2, 0) is 4.79 Å².